The summed E-state index contributed by atoms with van der Waals surface area (Å²) in [4.78, 5) is 48.8. The van der Waals surface area contributed by atoms with E-state index in [4.69, 9.17) is 4.74 Å². The van der Waals surface area contributed by atoms with Gasteiger partial charge in [0.05, 0.1) is 13.7 Å². The van der Waals surface area contributed by atoms with E-state index in [1.54, 1.807) is 12.1 Å². The van der Waals surface area contributed by atoms with Gasteiger partial charge in [-0.3, -0.25) is 19.8 Å². The normalized spacial score (nSPS) is 21.1. The number of aliphatic hydroxyl groups excluding tert-OH is 1. The number of ether oxygens (including phenoxy) is 1. The van der Waals surface area contributed by atoms with Crippen molar-refractivity contribution < 1.29 is 24.2 Å². The van der Waals surface area contributed by atoms with E-state index in [1.807, 2.05) is 30.3 Å². The van der Waals surface area contributed by atoms with E-state index >= 15 is 0 Å². The van der Waals surface area contributed by atoms with E-state index in [0.29, 0.717) is 22.9 Å². The zero-order chi connectivity index (χ0) is 29.9. The summed E-state index contributed by atoms with van der Waals surface area (Å²) >= 11 is 0. The van der Waals surface area contributed by atoms with Crippen molar-refractivity contribution in [2.45, 2.75) is 38.4 Å². The number of hydrogen-bond acceptors (Lipinski definition) is 7. The molecule has 3 heterocycles. The second kappa shape index (κ2) is 12.2. The number of urea groups is 1. The molecule has 3 aliphatic heterocycles. The molecule has 3 N–H and O–H groups in total. The number of benzene rings is 2. The van der Waals surface area contributed by atoms with Gasteiger partial charge in [-0.1, -0.05) is 30.0 Å². The van der Waals surface area contributed by atoms with Gasteiger partial charge in [0.15, 0.2) is 0 Å². The van der Waals surface area contributed by atoms with Crippen LogP contribution in [0, 0.1) is 11.8 Å². The van der Waals surface area contributed by atoms with Crippen LogP contribution in [-0.2, 0) is 11.3 Å². The molecule has 2 aromatic carbocycles. The highest BCUT2D eigenvalue weighted by atomic mass is 16.5. The molecule has 0 spiro atoms. The Morgan fingerprint density at radius 2 is 1.88 bits per heavy atom. The fraction of sp³-hybridized carbons (Fsp3) is 0.419. The first kappa shape index (κ1) is 29.1. The number of hydrogen-bond donors (Lipinski definition) is 3. The minimum atomic E-state index is -1.60. The van der Waals surface area contributed by atoms with Crippen LogP contribution in [0.15, 0.2) is 47.5 Å². The maximum Gasteiger partial charge on any atom is 0.323 e. The maximum atomic E-state index is 13.2. The van der Waals surface area contributed by atoms with Crippen LogP contribution in [0.1, 0.15) is 47.3 Å². The highest BCUT2D eigenvalue weighted by Crippen LogP contribution is 2.28. The zero-order valence-corrected chi connectivity index (χ0v) is 24.1. The summed E-state index contributed by atoms with van der Waals surface area (Å²) in [5.41, 5.74) is 1.18. The van der Waals surface area contributed by atoms with Crippen molar-refractivity contribution in [1.82, 2.24) is 25.3 Å². The number of aliphatic imine (C=N–C) groups is 1. The number of methoxy groups -OCH3 is 1. The molecule has 4 amide bonds. The van der Waals surface area contributed by atoms with Gasteiger partial charge in [0.2, 0.25) is 5.54 Å². The predicted molar refractivity (Wildman–Crippen MR) is 157 cm³/mol. The third-order valence-corrected chi connectivity index (χ3v) is 7.91. The molecule has 0 aromatic heterocycles. The summed E-state index contributed by atoms with van der Waals surface area (Å²) < 4.78 is 5.25. The fourth-order valence-corrected chi connectivity index (χ4v) is 5.60. The minimum Gasteiger partial charge on any atom is -0.497 e. The Kier molecular flexibility index (Phi) is 8.47. The third kappa shape index (κ3) is 5.95. The van der Waals surface area contributed by atoms with E-state index in [-0.39, 0.29) is 25.7 Å². The first-order valence-corrected chi connectivity index (χ1v) is 14.1. The lowest BCUT2D eigenvalue weighted by Gasteiger charge is -2.26. The molecule has 1 atom stereocenters. The summed E-state index contributed by atoms with van der Waals surface area (Å²) in [6.45, 7) is 7.84. The molecule has 11 heteroatoms. The van der Waals surface area contributed by atoms with Crippen LogP contribution in [0.2, 0.25) is 0 Å². The van der Waals surface area contributed by atoms with Crippen LogP contribution < -0.4 is 15.4 Å². The fourth-order valence-electron chi connectivity index (χ4n) is 5.60. The highest BCUT2D eigenvalue weighted by Gasteiger charge is 2.48. The number of amidine groups is 1. The van der Waals surface area contributed by atoms with Gasteiger partial charge in [-0.25, -0.2) is 9.79 Å². The summed E-state index contributed by atoms with van der Waals surface area (Å²) in [5.74, 6) is 6.40. The monoisotopic (exact) mass is 572 g/mol. The molecule has 2 fully saturated rings. The summed E-state index contributed by atoms with van der Waals surface area (Å²) in [7, 11) is 1.53. The number of carbonyl (C=O) groups excluding carboxylic acids is 3. The highest BCUT2D eigenvalue weighted by molar-refractivity contribution is 6.10. The number of rotatable bonds is 6. The van der Waals surface area contributed by atoms with Crippen molar-refractivity contribution in [1.29, 1.82) is 0 Å². The number of carbonyl (C=O) groups is 3. The van der Waals surface area contributed by atoms with Gasteiger partial charge < -0.3 is 25.0 Å². The van der Waals surface area contributed by atoms with Crippen molar-refractivity contribution in [2.24, 2.45) is 4.99 Å². The summed E-state index contributed by atoms with van der Waals surface area (Å²) in [5, 5.41) is 14.5. The predicted octanol–water partition coefficient (Wildman–Crippen LogP) is 1.39. The average molecular weight is 573 g/mol. The first-order chi connectivity index (χ1) is 20.2. The molecule has 0 bridgehead atoms. The summed E-state index contributed by atoms with van der Waals surface area (Å²) in [6.07, 6.45) is 1.00. The number of nitrogens with zero attached hydrogens (tertiary/aromatic N) is 4. The van der Waals surface area contributed by atoms with Crippen LogP contribution in [0.3, 0.4) is 0 Å². The van der Waals surface area contributed by atoms with Crippen molar-refractivity contribution in [2.75, 3.05) is 46.6 Å². The lowest BCUT2D eigenvalue weighted by molar-refractivity contribution is -0.122. The number of fused-ring (bicyclic) bond motifs is 1. The molecule has 0 radical (unpaired) electrons. The Morgan fingerprint density at radius 3 is 2.55 bits per heavy atom. The van der Waals surface area contributed by atoms with E-state index in [9.17, 15) is 19.5 Å². The molecule has 5 rings (SSSR count). The smallest absolute Gasteiger partial charge is 0.323 e. The van der Waals surface area contributed by atoms with Crippen LogP contribution in [0.5, 0.6) is 5.75 Å². The van der Waals surface area contributed by atoms with E-state index in [1.165, 1.54) is 12.0 Å². The SMILES string of the molecule is COc1ccc2c(c1)C(=O)N(CC1(C#Cc3ccc(C(=NCO)N4CCCN(C(C)C)CC4)cc3)NC(=O)NC1=O)C2. The van der Waals surface area contributed by atoms with Gasteiger partial charge in [-0.2, -0.15) is 0 Å². The Hall–Kier alpha value is -4.40. The van der Waals surface area contributed by atoms with Gasteiger partial charge in [0.1, 0.15) is 18.3 Å². The van der Waals surface area contributed by atoms with Crippen LogP contribution in [0.25, 0.3) is 0 Å². The second-order valence-corrected chi connectivity index (χ2v) is 10.9. The number of imide groups is 1. The molecule has 2 saturated heterocycles. The first-order valence-electron chi connectivity index (χ1n) is 14.1. The van der Waals surface area contributed by atoms with E-state index < -0.39 is 17.5 Å². The topological polar surface area (TPSA) is 127 Å². The lowest BCUT2D eigenvalue weighted by atomic mass is 9.99. The molecule has 2 aromatic rings. The maximum absolute atomic E-state index is 13.2. The van der Waals surface area contributed by atoms with E-state index in [2.05, 4.69) is 51.1 Å². The summed E-state index contributed by atoms with van der Waals surface area (Å²) in [6, 6.07) is 12.5. The van der Waals surface area contributed by atoms with E-state index in [0.717, 1.165) is 49.6 Å². The molecular formula is C31H36N6O5. The average Bonchev–Trinajstić information content (AvgIpc) is 3.29. The third-order valence-electron chi connectivity index (χ3n) is 7.91. The second-order valence-electron chi connectivity index (χ2n) is 10.9. The van der Waals surface area contributed by atoms with Gasteiger partial charge >= 0.3 is 6.03 Å². The van der Waals surface area contributed by atoms with Gasteiger partial charge in [0, 0.05) is 55.5 Å². The van der Waals surface area contributed by atoms with Crippen LogP contribution >= 0.6 is 0 Å². The van der Waals surface area contributed by atoms with Gasteiger partial charge in [-0.15, -0.1) is 0 Å². The Balaban J connectivity index is 1.35. The quantitative estimate of drug-likeness (QED) is 0.207. The van der Waals surface area contributed by atoms with Crippen molar-refractivity contribution in [3.8, 4) is 17.6 Å². The number of nitrogens with one attached hydrogen (secondary N) is 2. The van der Waals surface area contributed by atoms with Gasteiger partial charge in [0.25, 0.3) is 11.8 Å². The van der Waals surface area contributed by atoms with Crippen LogP contribution in [0.4, 0.5) is 4.79 Å². The number of aliphatic hydroxyl groups is 1. The minimum absolute atomic E-state index is 0.110. The Labute approximate surface area is 245 Å². The lowest BCUT2D eigenvalue weighted by Crippen LogP contribution is -2.54. The Morgan fingerprint density at radius 1 is 1.10 bits per heavy atom. The molecule has 11 nitrogen and oxygen atoms in total. The molecule has 42 heavy (non-hydrogen) atoms. The van der Waals surface area contributed by atoms with Crippen LogP contribution in [-0.4, -0.2) is 102 Å². The number of amides is 4. The van der Waals surface area contributed by atoms with Crippen molar-refractivity contribution in [3.63, 3.8) is 0 Å². The largest absolute Gasteiger partial charge is 0.497 e. The zero-order valence-electron chi connectivity index (χ0n) is 24.1. The molecular weight excluding hydrogens is 536 g/mol. The molecule has 0 saturated carbocycles. The Bertz CT molecular complexity index is 1460. The molecule has 0 aliphatic carbocycles. The molecule has 1 unspecified atom stereocenters. The molecule has 220 valence electrons. The van der Waals surface area contributed by atoms with Crippen molar-refractivity contribution >= 4 is 23.7 Å². The molecule has 3 aliphatic rings. The van der Waals surface area contributed by atoms with Crippen molar-refractivity contribution in [3.05, 3.63) is 64.7 Å². The van der Waals surface area contributed by atoms with Gasteiger partial charge in [-0.05, 0) is 50.1 Å². The standard InChI is InChI=1S/C31H36N6O5/c1-21(2)35-13-4-14-36(16-15-35)27(32-20-38)23-7-5-22(6-8-23)11-12-31(29(40)33-30(41)34-31)19-37-18-24-9-10-25(42-3)17-26(24)28(37)39/h5-10,17,21,38H,4,13-16,18-20H2,1-3H3,(H2,33,34,40,41).